The average Bonchev–Trinajstić information content (AvgIpc) is 2.25. The summed E-state index contributed by atoms with van der Waals surface area (Å²) in [6, 6.07) is 0.799. The van der Waals surface area contributed by atoms with Gasteiger partial charge in [-0.05, 0) is 0 Å². The molecule has 1 rings (SSSR count). The van der Waals surface area contributed by atoms with Crippen LogP contribution in [0.4, 0.5) is 19.1 Å². The molecule has 108 valence electrons. The van der Waals surface area contributed by atoms with Crippen molar-refractivity contribution in [3.05, 3.63) is 11.8 Å². The van der Waals surface area contributed by atoms with Gasteiger partial charge in [0.05, 0.1) is 5.75 Å². The van der Waals surface area contributed by atoms with E-state index in [9.17, 15) is 21.6 Å². The third kappa shape index (κ3) is 5.64. The molecule has 0 aliphatic rings. The van der Waals surface area contributed by atoms with Gasteiger partial charge in [-0.1, -0.05) is 0 Å². The summed E-state index contributed by atoms with van der Waals surface area (Å²) in [5.74, 6) is -0.148. The molecule has 0 saturated heterocycles. The van der Waals surface area contributed by atoms with Gasteiger partial charge in [0.15, 0.2) is 5.69 Å². The predicted molar refractivity (Wildman–Crippen MR) is 67.0 cm³/mol. The average molecular weight is 315 g/mol. The van der Waals surface area contributed by atoms with Crippen molar-refractivity contribution in [2.75, 3.05) is 30.1 Å². The summed E-state index contributed by atoms with van der Waals surface area (Å²) in [4.78, 5) is 7.13. The zero-order valence-electron chi connectivity index (χ0n) is 10.2. The summed E-state index contributed by atoms with van der Waals surface area (Å²) in [6.45, 7) is 0. The molecule has 0 bridgehead atoms. The lowest BCUT2D eigenvalue weighted by Gasteiger charge is -2.09. The van der Waals surface area contributed by atoms with E-state index in [4.69, 9.17) is 0 Å². The first-order chi connectivity index (χ1) is 8.62. The van der Waals surface area contributed by atoms with Crippen molar-refractivity contribution in [1.29, 1.82) is 0 Å². The molecule has 5 nitrogen and oxygen atoms in total. The summed E-state index contributed by atoms with van der Waals surface area (Å²) in [6.07, 6.45) is -3.51. The SMILES string of the molecule is CNc1nc(SCCS(C)(=O)=O)cc(C(F)(F)F)n1. The van der Waals surface area contributed by atoms with E-state index in [2.05, 4.69) is 15.3 Å². The molecular formula is C9H12F3N3O2S2. The molecule has 0 saturated carbocycles. The fourth-order valence-electron chi connectivity index (χ4n) is 1.05. The maximum Gasteiger partial charge on any atom is 0.433 e. The third-order valence-corrected chi connectivity index (χ3v) is 4.04. The van der Waals surface area contributed by atoms with Crippen LogP contribution in [0.5, 0.6) is 0 Å². The maximum absolute atomic E-state index is 12.6. The lowest BCUT2D eigenvalue weighted by molar-refractivity contribution is -0.141. The molecule has 0 spiro atoms. The molecule has 1 heterocycles. The smallest absolute Gasteiger partial charge is 0.357 e. The first-order valence-electron chi connectivity index (χ1n) is 5.06. The molecule has 0 radical (unpaired) electrons. The van der Waals surface area contributed by atoms with Crippen LogP contribution in [0.1, 0.15) is 5.69 Å². The zero-order valence-corrected chi connectivity index (χ0v) is 11.8. The normalized spacial score (nSPS) is 12.5. The highest BCUT2D eigenvalue weighted by Crippen LogP contribution is 2.30. The van der Waals surface area contributed by atoms with Crippen molar-refractivity contribution in [1.82, 2.24) is 9.97 Å². The van der Waals surface area contributed by atoms with Gasteiger partial charge in [0, 0.05) is 25.1 Å². The molecule has 0 fully saturated rings. The van der Waals surface area contributed by atoms with E-state index in [1.54, 1.807) is 0 Å². The third-order valence-electron chi connectivity index (χ3n) is 1.92. The number of sulfone groups is 1. The second kappa shape index (κ2) is 5.95. The Bertz CT molecular complexity index is 546. The van der Waals surface area contributed by atoms with E-state index in [0.717, 1.165) is 24.1 Å². The van der Waals surface area contributed by atoms with Crippen molar-refractivity contribution >= 4 is 27.5 Å². The first-order valence-corrected chi connectivity index (χ1v) is 8.11. The lowest BCUT2D eigenvalue weighted by atomic mass is 10.4. The van der Waals surface area contributed by atoms with Crippen molar-refractivity contribution < 1.29 is 21.6 Å². The van der Waals surface area contributed by atoms with Gasteiger partial charge in [0.2, 0.25) is 5.95 Å². The fourth-order valence-corrected chi connectivity index (χ4v) is 3.15. The summed E-state index contributed by atoms with van der Waals surface area (Å²) < 4.78 is 59.6. The summed E-state index contributed by atoms with van der Waals surface area (Å²) in [7, 11) is -1.75. The Morgan fingerprint density at radius 1 is 1.37 bits per heavy atom. The standard InChI is InChI=1S/C9H12F3N3O2S2/c1-13-8-14-6(9(10,11)12)5-7(15-8)18-3-4-19(2,16)17/h5H,3-4H2,1-2H3,(H,13,14,15). The number of thioether (sulfide) groups is 1. The molecule has 19 heavy (non-hydrogen) atoms. The van der Waals surface area contributed by atoms with Gasteiger partial charge < -0.3 is 5.32 Å². The number of halogens is 3. The van der Waals surface area contributed by atoms with Crippen LogP contribution in [-0.2, 0) is 16.0 Å². The van der Waals surface area contributed by atoms with E-state index in [-0.39, 0.29) is 22.5 Å². The molecule has 0 aliphatic carbocycles. The van der Waals surface area contributed by atoms with E-state index in [1.807, 2.05) is 0 Å². The van der Waals surface area contributed by atoms with Crippen LogP contribution in [0.25, 0.3) is 0 Å². The van der Waals surface area contributed by atoms with Crippen LogP contribution in [0.15, 0.2) is 11.1 Å². The van der Waals surface area contributed by atoms with Crippen LogP contribution in [0, 0.1) is 0 Å². The molecule has 1 N–H and O–H groups in total. The number of hydrogen-bond acceptors (Lipinski definition) is 6. The minimum Gasteiger partial charge on any atom is -0.357 e. The molecule has 0 unspecified atom stereocenters. The highest BCUT2D eigenvalue weighted by molar-refractivity contribution is 8.00. The highest BCUT2D eigenvalue weighted by atomic mass is 32.2. The minimum atomic E-state index is -4.57. The highest BCUT2D eigenvalue weighted by Gasteiger charge is 2.33. The molecule has 10 heteroatoms. The fraction of sp³-hybridized carbons (Fsp3) is 0.556. The van der Waals surface area contributed by atoms with Gasteiger partial charge in [0.1, 0.15) is 14.9 Å². The van der Waals surface area contributed by atoms with Crippen LogP contribution in [0.3, 0.4) is 0 Å². The quantitative estimate of drug-likeness (QED) is 0.658. The molecule has 0 aliphatic heterocycles. The van der Waals surface area contributed by atoms with Gasteiger partial charge in [-0.25, -0.2) is 18.4 Å². The van der Waals surface area contributed by atoms with Gasteiger partial charge in [-0.3, -0.25) is 0 Å². The molecule has 0 atom stereocenters. The first kappa shape index (κ1) is 16.0. The van der Waals surface area contributed by atoms with Crippen LogP contribution >= 0.6 is 11.8 Å². The molecule has 1 aromatic rings. The summed E-state index contributed by atoms with van der Waals surface area (Å²) >= 11 is 0.937. The summed E-state index contributed by atoms with van der Waals surface area (Å²) in [5, 5.41) is 2.51. The number of nitrogens with zero attached hydrogens (tertiary/aromatic N) is 2. The van der Waals surface area contributed by atoms with Crippen LogP contribution in [0.2, 0.25) is 0 Å². The predicted octanol–water partition coefficient (Wildman–Crippen LogP) is 1.67. The van der Waals surface area contributed by atoms with Crippen molar-refractivity contribution in [2.45, 2.75) is 11.2 Å². The van der Waals surface area contributed by atoms with Gasteiger partial charge in [0.25, 0.3) is 0 Å². The Morgan fingerprint density at radius 3 is 2.47 bits per heavy atom. The molecule has 0 amide bonds. The van der Waals surface area contributed by atoms with Crippen molar-refractivity contribution in [3.8, 4) is 0 Å². The van der Waals surface area contributed by atoms with E-state index >= 15 is 0 Å². The second-order valence-electron chi connectivity index (χ2n) is 3.64. The Kier molecular flexibility index (Phi) is 5.02. The Hall–Kier alpha value is -1.03. The maximum atomic E-state index is 12.6. The monoisotopic (exact) mass is 315 g/mol. The largest absolute Gasteiger partial charge is 0.433 e. The topological polar surface area (TPSA) is 72.0 Å². The Labute approximate surface area is 112 Å². The molecular weight excluding hydrogens is 303 g/mol. The molecule has 1 aromatic heterocycles. The van der Waals surface area contributed by atoms with E-state index in [1.165, 1.54) is 7.05 Å². The second-order valence-corrected chi connectivity index (χ2v) is 7.02. The van der Waals surface area contributed by atoms with Gasteiger partial charge >= 0.3 is 6.18 Å². The van der Waals surface area contributed by atoms with Crippen LogP contribution < -0.4 is 5.32 Å². The van der Waals surface area contributed by atoms with Crippen molar-refractivity contribution in [3.63, 3.8) is 0 Å². The minimum absolute atomic E-state index is 0.0790. The Balaban J connectivity index is 2.89. The summed E-state index contributed by atoms with van der Waals surface area (Å²) in [5.41, 5.74) is -1.06. The number of hydrogen-bond donors (Lipinski definition) is 1. The Morgan fingerprint density at radius 2 is 2.00 bits per heavy atom. The lowest BCUT2D eigenvalue weighted by Crippen LogP contribution is -2.11. The van der Waals surface area contributed by atoms with E-state index in [0.29, 0.717) is 0 Å². The molecule has 0 aromatic carbocycles. The van der Waals surface area contributed by atoms with Gasteiger partial charge in [-0.2, -0.15) is 13.2 Å². The van der Waals surface area contributed by atoms with Crippen LogP contribution in [-0.4, -0.2) is 43.2 Å². The number of rotatable bonds is 5. The number of aromatic nitrogens is 2. The number of alkyl halides is 3. The van der Waals surface area contributed by atoms with E-state index < -0.39 is 21.7 Å². The van der Waals surface area contributed by atoms with Crippen molar-refractivity contribution in [2.24, 2.45) is 0 Å². The number of anilines is 1. The van der Waals surface area contributed by atoms with Gasteiger partial charge in [-0.15, -0.1) is 11.8 Å². The zero-order chi connectivity index (χ0) is 14.7. The number of nitrogens with one attached hydrogen (secondary N) is 1.